The van der Waals surface area contributed by atoms with Crippen LogP contribution in [0.3, 0.4) is 0 Å². The maximum atomic E-state index is 12.8. The first-order chi connectivity index (χ1) is 14.9. The molecule has 0 atom stereocenters. The van der Waals surface area contributed by atoms with Crippen molar-refractivity contribution >= 4 is 35.6 Å². The van der Waals surface area contributed by atoms with Gasteiger partial charge in [0.15, 0.2) is 0 Å². The van der Waals surface area contributed by atoms with Crippen LogP contribution in [-0.4, -0.2) is 40.7 Å². The first-order valence-electron chi connectivity index (χ1n) is 10.9. The third-order valence-electron chi connectivity index (χ3n) is 3.69. The molecule has 0 bridgehead atoms. The van der Waals surface area contributed by atoms with Crippen molar-refractivity contribution in [2.24, 2.45) is 5.92 Å². The predicted molar refractivity (Wildman–Crippen MR) is 130 cm³/mol. The van der Waals surface area contributed by atoms with Crippen LogP contribution in [0.4, 0.5) is 15.3 Å². The fourth-order valence-electron chi connectivity index (χ4n) is 2.33. The van der Waals surface area contributed by atoms with Crippen molar-refractivity contribution in [3.63, 3.8) is 0 Å². The van der Waals surface area contributed by atoms with Crippen molar-refractivity contribution in [3.05, 3.63) is 24.3 Å². The number of carbonyl (C=O) groups is 3. The Balaban J connectivity index is 3.05. The topological polar surface area (TPSA) is 94.2 Å². The largest absolute Gasteiger partial charge is 0.464 e. The molecule has 186 valence electrons. The van der Waals surface area contributed by atoms with E-state index in [2.05, 4.69) is 5.43 Å². The van der Waals surface area contributed by atoms with Crippen LogP contribution in [0.25, 0.3) is 0 Å². The lowest BCUT2D eigenvalue weighted by atomic mass is 10.2. The van der Waals surface area contributed by atoms with Crippen LogP contribution in [0.2, 0.25) is 0 Å². The van der Waals surface area contributed by atoms with Crippen LogP contribution < -0.4 is 10.4 Å². The molecule has 0 aliphatic carbocycles. The summed E-state index contributed by atoms with van der Waals surface area (Å²) >= 11 is 1.34. The van der Waals surface area contributed by atoms with E-state index in [0.717, 1.165) is 9.90 Å². The Morgan fingerprint density at radius 2 is 1.42 bits per heavy atom. The van der Waals surface area contributed by atoms with Crippen molar-refractivity contribution in [2.75, 3.05) is 11.6 Å². The summed E-state index contributed by atoms with van der Waals surface area (Å²) in [5.41, 5.74) is 1.32. The van der Waals surface area contributed by atoms with Crippen molar-refractivity contribution in [2.45, 2.75) is 90.1 Å². The second kappa shape index (κ2) is 11.1. The Labute approximate surface area is 201 Å². The standard InChI is InChI=1S/C24H38N2O6S/c1-16(2)15-30-19(27)24(9,10)33-18-13-11-17(12-14-18)26(21(29)32-23(6,7)8)25-20(28)31-22(3,4)5/h11-14,16H,15H2,1-10H3,(H,25,28). The van der Waals surface area contributed by atoms with Crippen molar-refractivity contribution < 1.29 is 28.6 Å². The monoisotopic (exact) mass is 482 g/mol. The Kier molecular flexibility index (Phi) is 9.66. The molecule has 0 unspecified atom stereocenters. The molecule has 2 amide bonds. The fourth-order valence-corrected chi connectivity index (χ4v) is 3.33. The lowest BCUT2D eigenvalue weighted by Gasteiger charge is -2.29. The van der Waals surface area contributed by atoms with Gasteiger partial charge in [-0.3, -0.25) is 4.79 Å². The van der Waals surface area contributed by atoms with Gasteiger partial charge in [-0.05, 0) is 85.6 Å². The number of hydrogen-bond acceptors (Lipinski definition) is 7. The highest BCUT2D eigenvalue weighted by Crippen LogP contribution is 2.34. The van der Waals surface area contributed by atoms with Crippen molar-refractivity contribution in [3.8, 4) is 0 Å². The van der Waals surface area contributed by atoms with Gasteiger partial charge in [-0.2, -0.15) is 5.01 Å². The van der Waals surface area contributed by atoms with Crippen LogP contribution in [0.5, 0.6) is 0 Å². The first kappa shape index (κ1) is 28.6. The zero-order valence-electron chi connectivity index (χ0n) is 21.4. The van der Waals surface area contributed by atoms with Gasteiger partial charge >= 0.3 is 18.2 Å². The number of anilines is 1. The first-order valence-corrected chi connectivity index (χ1v) is 11.7. The van der Waals surface area contributed by atoms with Crippen LogP contribution in [0.1, 0.15) is 69.2 Å². The second-order valence-electron chi connectivity index (χ2n) is 10.5. The molecule has 0 radical (unpaired) electrons. The van der Waals surface area contributed by atoms with Crippen molar-refractivity contribution in [1.29, 1.82) is 0 Å². The van der Waals surface area contributed by atoms with Crippen LogP contribution in [0, 0.1) is 5.92 Å². The van der Waals surface area contributed by atoms with Gasteiger partial charge in [-0.25, -0.2) is 15.0 Å². The second-order valence-corrected chi connectivity index (χ2v) is 12.2. The molecule has 1 aromatic rings. The Hall–Kier alpha value is -2.42. The minimum absolute atomic E-state index is 0.255. The molecular formula is C24H38N2O6S. The van der Waals surface area contributed by atoms with E-state index < -0.39 is 28.1 Å². The number of nitrogens with one attached hydrogen (secondary N) is 1. The summed E-state index contributed by atoms with van der Waals surface area (Å²) in [5.74, 6) is -0.0439. The third-order valence-corrected chi connectivity index (χ3v) is 4.87. The number of amides is 2. The van der Waals surface area contributed by atoms with E-state index in [1.807, 2.05) is 13.8 Å². The molecule has 0 aromatic heterocycles. The molecular weight excluding hydrogens is 444 g/mol. The van der Waals surface area contributed by atoms with Gasteiger partial charge in [-0.1, -0.05) is 13.8 Å². The molecule has 9 heteroatoms. The number of carbonyl (C=O) groups excluding carboxylic acids is 3. The predicted octanol–water partition coefficient (Wildman–Crippen LogP) is 5.94. The molecule has 0 heterocycles. The minimum atomic E-state index is -0.796. The van der Waals surface area contributed by atoms with Crippen LogP contribution >= 0.6 is 11.8 Å². The number of esters is 1. The fraction of sp³-hybridized carbons (Fsp3) is 0.625. The average Bonchev–Trinajstić information content (AvgIpc) is 2.61. The van der Waals surface area contributed by atoms with Gasteiger partial charge in [-0.15, -0.1) is 11.8 Å². The Morgan fingerprint density at radius 1 is 0.909 bits per heavy atom. The van der Waals surface area contributed by atoms with E-state index in [9.17, 15) is 14.4 Å². The smallest absolute Gasteiger partial charge is 0.434 e. The number of ether oxygens (including phenoxy) is 3. The molecule has 0 aliphatic rings. The highest BCUT2D eigenvalue weighted by Gasteiger charge is 2.32. The lowest BCUT2D eigenvalue weighted by Crippen LogP contribution is -2.50. The number of nitrogens with zero attached hydrogens (tertiary/aromatic N) is 1. The molecule has 1 rings (SSSR count). The average molecular weight is 483 g/mol. The van der Waals surface area contributed by atoms with E-state index in [1.165, 1.54) is 11.8 Å². The van der Waals surface area contributed by atoms with Gasteiger partial charge in [0, 0.05) is 4.90 Å². The van der Waals surface area contributed by atoms with E-state index in [0.29, 0.717) is 12.3 Å². The van der Waals surface area contributed by atoms with Crippen LogP contribution in [-0.2, 0) is 19.0 Å². The van der Waals surface area contributed by atoms with Gasteiger partial charge in [0.1, 0.15) is 15.9 Å². The number of benzene rings is 1. The molecule has 0 fully saturated rings. The molecule has 0 aliphatic heterocycles. The highest BCUT2D eigenvalue weighted by atomic mass is 32.2. The molecule has 33 heavy (non-hydrogen) atoms. The molecule has 0 saturated heterocycles. The molecule has 0 spiro atoms. The minimum Gasteiger partial charge on any atom is -0.464 e. The zero-order valence-corrected chi connectivity index (χ0v) is 22.2. The number of rotatable bonds is 6. The van der Waals surface area contributed by atoms with Gasteiger partial charge in [0.05, 0.1) is 12.3 Å². The number of hydrazine groups is 1. The number of thioether (sulfide) groups is 1. The van der Waals surface area contributed by atoms with E-state index in [4.69, 9.17) is 14.2 Å². The lowest BCUT2D eigenvalue weighted by molar-refractivity contribution is -0.146. The maximum absolute atomic E-state index is 12.8. The van der Waals surface area contributed by atoms with E-state index in [-0.39, 0.29) is 11.9 Å². The van der Waals surface area contributed by atoms with Gasteiger partial charge in [0.2, 0.25) is 0 Å². The zero-order chi connectivity index (χ0) is 25.6. The summed E-state index contributed by atoms with van der Waals surface area (Å²) in [6.45, 7) is 18.3. The SMILES string of the molecule is CC(C)COC(=O)C(C)(C)Sc1ccc(N(NC(=O)OC(C)(C)C)C(=O)OC(C)(C)C)cc1. The summed E-state index contributed by atoms with van der Waals surface area (Å²) in [7, 11) is 0. The quantitative estimate of drug-likeness (QED) is 0.232. The van der Waals surface area contributed by atoms with E-state index >= 15 is 0 Å². The summed E-state index contributed by atoms with van der Waals surface area (Å²) < 4.78 is 15.3. The van der Waals surface area contributed by atoms with Gasteiger partial charge < -0.3 is 14.2 Å². The molecule has 8 nitrogen and oxygen atoms in total. The number of hydrogen-bond donors (Lipinski definition) is 1. The maximum Gasteiger partial charge on any atom is 0.434 e. The molecule has 1 aromatic carbocycles. The normalized spacial score (nSPS) is 12.2. The Morgan fingerprint density at radius 3 is 1.88 bits per heavy atom. The van der Waals surface area contributed by atoms with Gasteiger partial charge in [0.25, 0.3) is 0 Å². The highest BCUT2D eigenvalue weighted by molar-refractivity contribution is 8.01. The summed E-state index contributed by atoms with van der Waals surface area (Å²) in [6.07, 6.45) is -1.55. The summed E-state index contributed by atoms with van der Waals surface area (Å²) in [4.78, 5) is 38.3. The summed E-state index contributed by atoms with van der Waals surface area (Å²) in [6, 6.07) is 6.82. The summed E-state index contributed by atoms with van der Waals surface area (Å²) in [5, 5.41) is 0.996. The molecule has 1 N–H and O–H groups in total. The van der Waals surface area contributed by atoms with Crippen molar-refractivity contribution in [1.82, 2.24) is 5.43 Å². The van der Waals surface area contributed by atoms with E-state index in [1.54, 1.807) is 79.7 Å². The van der Waals surface area contributed by atoms with Crippen LogP contribution in [0.15, 0.2) is 29.2 Å². The molecule has 0 saturated carbocycles. The third kappa shape index (κ3) is 10.8. The Bertz CT molecular complexity index is 823.